The van der Waals surface area contributed by atoms with Crippen LogP contribution in [0.1, 0.15) is 11.1 Å². The summed E-state index contributed by atoms with van der Waals surface area (Å²) >= 11 is 14.1. The minimum Gasteiger partial charge on any atom is -0.469 e. The summed E-state index contributed by atoms with van der Waals surface area (Å²) in [5.41, 5.74) is 4.16. The molecule has 0 radical (unpaired) electrons. The van der Waals surface area contributed by atoms with Crippen LogP contribution >= 0.6 is 35.0 Å². The minimum atomic E-state index is -0.254. The predicted octanol–water partition coefficient (Wildman–Crippen LogP) is 7.99. The quantitative estimate of drug-likeness (QED) is 0.278. The first-order chi connectivity index (χ1) is 14.9. The van der Waals surface area contributed by atoms with Crippen LogP contribution in [0.4, 0.5) is 0 Å². The molecule has 0 heterocycles. The molecule has 0 spiro atoms. The van der Waals surface area contributed by atoms with Crippen LogP contribution in [0.2, 0.25) is 10.0 Å². The molecule has 0 N–H and O–H groups in total. The highest BCUT2D eigenvalue weighted by Crippen LogP contribution is 2.37. The van der Waals surface area contributed by atoms with Gasteiger partial charge in [-0.15, -0.1) is 0 Å². The number of benzene rings is 4. The molecule has 0 fully saturated rings. The zero-order valence-corrected chi connectivity index (χ0v) is 19.4. The second-order valence-electron chi connectivity index (χ2n) is 7.24. The fraction of sp³-hybridized carbons (Fsp3) is 0.115. The highest BCUT2D eigenvalue weighted by Gasteiger charge is 2.15. The lowest BCUT2D eigenvalue weighted by atomic mass is 9.89. The highest BCUT2D eigenvalue weighted by molar-refractivity contribution is 7.99. The van der Waals surface area contributed by atoms with Crippen molar-refractivity contribution in [3.05, 3.63) is 94.0 Å². The third-order valence-electron chi connectivity index (χ3n) is 5.21. The van der Waals surface area contributed by atoms with Gasteiger partial charge in [-0.2, -0.15) is 0 Å². The summed E-state index contributed by atoms with van der Waals surface area (Å²) in [5.74, 6) is -0.254. The zero-order valence-electron chi connectivity index (χ0n) is 17.1. The van der Waals surface area contributed by atoms with Crippen molar-refractivity contribution in [3.63, 3.8) is 0 Å². The summed E-state index contributed by atoms with van der Waals surface area (Å²) in [6.45, 7) is 2.04. The molecule has 31 heavy (non-hydrogen) atoms. The van der Waals surface area contributed by atoms with Crippen molar-refractivity contribution >= 4 is 51.7 Å². The fourth-order valence-corrected chi connectivity index (χ4v) is 4.97. The Bertz CT molecular complexity index is 1270. The van der Waals surface area contributed by atoms with E-state index in [2.05, 4.69) is 24.3 Å². The van der Waals surface area contributed by atoms with Crippen LogP contribution in [0, 0.1) is 6.92 Å². The van der Waals surface area contributed by atoms with Crippen LogP contribution in [0.3, 0.4) is 0 Å². The molecule has 4 aromatic rings. The van der Waals surface area contributed by atoms with E-state index in [4.69, 9.17) is 27.9 Å². The first kappa shape index (κ1) is 21.8. The number of halogens is 2. The summed E-state index contributed by atoms with van der Waals surface area (Å²) in [7, 11) is 1.41. The maximum atomic E-state index is 12.0. The summed E-state index contributed by atoms with van der Waals surface area (Å²) in [6, 6.07) is 24.1. The Kier molecular flexibility index (Phi) is 6.57. The van der Waals surface area contributed by atoms with Crippen molar-refractivity contribution in [2.24, 2.45) is 0 Å². The number of hydrogen-bond acceptors (Lipinski definition) is 3. The van der Waals surface area contributed by atoms with Crippen molar-refractivity contribution in [1.29, 1.82) is 0 Å². The molecule has 156 valence electrons. The van der Waals surface area contributed by atoms with E-state index in [0.29, 0.717) is 5.02 Å². The lowest BCUT2D eigenvalue weighted by molar-refractivity contribution is -0.139. The van der Waals surface area contributed by atoms with Crippen molar-refractivity contribution in [2.45, 2.75) is 23.1 Å². The van der Waals surface area contributed by atoms with Crippen LogP contribution in [0.15, 0.2) is 82.6 Å². The second kappa shape index (κ2) is 9.35. The molecular formula is C26H20Cl2O2S. The van der Waals surface area contributed by atoms with Crippen molar-refractivity contribution < 1.29 is 9.53 Å². The number of ether oxygens (including phenoxy) is 1. The molecule has 0 unspecified atom stereocenters. The van der Waals surface area contributed by atoms with Gasteiger partial charge in [0.05, 0.1) is 13.5 Å². The Morgan fingerprint density at radius 3 is 2.35 bits per heavy atom. The van der Waals surface area contributed by atoms with Crippen molar-refractivity contribution in [2.75, 3.05) is 7.11 Å². The van der Waals surface area contributed by atoms with E-state index in [-0.39, 0.29) is 12.4 Å². The van der Waals surface area contributed by atoms with Gasteiger partial charge in [0.15, 0.2) is 0 Å². The molecule has 0 saturated heterocycles. The number of fused-ring (bicyclic) bond motifs is 1. The number of esters is 1. The van der Waals surface area contributed by atoms with E-state index in [1.807, 2.05) is 55.5 Å². The molecule has 0 aromatic heterocycles. The normalized spacial score (nSPS) is 11.0. The summed E-state index contributed by atoms with van der Waals surface area (Å²) in [4.78, 5) is 14.2. The fourth-order valence-electron chi connectivity index (χ4n) is 3.67. The van der Waals surface area contributed by atoms with E-state index >= 15 is 0 Å². The number of hydrogen-bond donors (Lipinski definition) is 0. The summed E-state index contributed by atoms with van der Waals surface area (Å²) in [5, 5.41) is 3.51. The molecule has 0 aliphatic carbocycles. The molecule has 2 nitrogen and oxygen atoms in total. The van der Waals surface area contributed by atoms with E-state index in [1.54, 1.807) is 11.8 Å². The Morgan fingerprint density at radius 1 is 0.903 bits per heavy atom. The zero-order chi connectivity index (χ0) is 22.0. The summed E-state index contributed by atoms with van der Waals surface area (Å²) < 4.78 is 4.89. The molecule has 4 aromatic carbocycles. The Labute approximate surface area is 196 Å². The lowest BCUT2D eigenvalue weighted by Crippen LogP contribution is -2.06. The van der Waals surface area contributed by atoms with Gasteiger partial charge in [-0.25, -0.2) is 0 Å². The summed E-state index contributed by atoms with van der Waals surface area (Å²) in [6.07, 6.45) is 0.233. The first-order valence-corrected chi connectivity index (χ1v) is 11.3. The monoisotopic (exact) mass is 466 g/mol. The van der Waals surface area contributed by atoms with Crippen LogP contribution in [-0.2, 0) is 16.0 Å². The van der Waals surface area contributed by atoms with Gasteiger partial charge in [-0.1, -0.05) is 65.3 Å². The van der Waals surface area contributed by atoms with Crippen LogP contribution in [0.25, 0.3) is 21.9 Å². The second-order valence-corrected chi connectivity index (χ2v) is 9.26. The van der Waals surface area contributed by atoms with Gasteiger partial charge in [0.2, 0.25) is 0 Å². The molecule has 0 bridgehead atoms. The van der Waals surface area contributed by atoms with E-state index in [0.717, 1.165) is 47.8 Å². The lowest BCUT2D eigenvalue weighted by Gasteiger charge is -2.16. The maximum Gasteiger partial charge on any atom is 0.309 e. The standard InChI is InChI=1S/C26H20Cl2O2S/c1-16-19(13-25(29)30-2)12-18-6-9-21(28)15-24(18)26(16)17-7-10-22(11-8-17)31-23-5-3-4-20(27)14-23/h3-12,14-15H,13H2,1-2H3. The predicted molar refractivity (Wildman–Crippen MR) is 130 cm³/mol. The van der Waals surface area contributed by atoms with Crippen LogP contribution in [0.5, 0.6) is 0 Å². The smallest absolute Gasteiger partial charge is 0.309 e. The largest absolute Gasteiger partial charge is 0.469 e. The maximum absolute atomic E-state index is 12.0. The van der Waals surface area contributed by atoms with Gasteiger partial charge in [0.1, 0.15) is 0 Å². The van der Waals surface area contributed by atoms with Gasteiger partial charge in [-0.3, -0.25) is 4.79 Å². The SMILES string of the molecule is COC(=O)Cc1cc2ccc(Cl)cc2c(-c2ccc(Sc3cccc(Cl)c3)cc2)c1C. The Balaban J connectivity index is 1.77. The number of carbonyl (C=O) groups excluding carboxylic acids is 1. The molecule has 0 amide bonds. The minimum absolute atomic E-state index is 0.233. The molecule has 0 saturated carbocycles. The molecule has 0 atom stereocenters. The van der Waals surface area contributed by atoms with Crippen LogP contribution in [-0.4, -0.2) is 13.1 Å². The van der Waals surface area contributed by atoms with E-state index < -0.39 is 0 Å². The third-order valence-corrected chi connectivity index (χ3v) is 6.68. The Hall–Kier alpha value is -2.46. The van der Waals surface area contributed by atoms with Gasteiger partial charge in [0.25, 0.3) is 0 Å². The van der Waals surface area contributed by atoms with Gasteiger partial charge >= 0.3 is 5.97 Å². The van der Waals surface area contributed by atoms with Gasteiger partial charge < -0.3 is 4.74 Å². The van der Waals surface area contributed by atoms with Gasteiger partial charge in [0, 0.05) is 19.8 Å². The molecule has 4 rings (SSSR count). The number of rotatable bonds is 5. The Morgan fingerprint density at radius 2 is 1.65 bits per heavy atom. The molecular weight excluding hydrogens is 447 g/mol. The first-order valence-electron chi connectivity index (χ1n) is 9.77. The average molecular weight is 467 g/mol. The van der Waals surface area contributed by atoms with E-state index in [1.165, 1.54) is 7.11 Å². The average Bonchev–Trinajstić information content (AvgIpc) is 2.75. The number of carbonyl (C=O) groups is 1. The van der Waals surface area contributed by atoms with Crippen molar-refractivity contribution in [1.82, 2.24) is 0 Å². The van der Waals surface area contributed by atoms with E-state index in [9.17, 15) is 4.79 Å². The van der Waals surface area contributed by atoms with Gasteiger partial charge in [-0.05, 0) is 82.4 Å². The third kappa shape index (κ3) is 4.90. The van der Waals surface area contributed by atoms with Crippen molar-refractivity contribution in [3.8, 4) is 11.1 Å². The topological polar surface area (TPSA) is 26.3 Å². The van der Waals surface area contributed by atoms with Crippen LogP contribution < -0.4 is 0 Å². The molecule has 5 heteroatoms. The molecule has 0 aliphatic heterocycles. The molecule has 0 aliphatic rings. The highest BCUT2D eigenvalue weighted by atomic mass is 35.5. The number of methoxy groups -OCH3 is 1.